The maximum Gasteiger partial charge on any atom is 0.339 e. The van der Waals surface area contributed by atoms with Crippen LogP contribution in [0.5, 0.6) is 0 Å². The van der Waals surface area contributed by atoms with Crippen molar-refractivity contribution < 1.29 is 9.90 Å². The largest absolute Gasteiger partial charge is 0.478 e. The Kier molecular flexibility index (Phi) is 3.03. The SMILES string of the molecule is Cc1nc(Nc2ccc3ncsc3c2)ncc1C(=O)O. The second-order valence-electron chi connectivity index (χ2n) is 4.16. The van der Waals surface area contributed by atoms with Crippen molar-refractivity contribution in [1.82, 2.24) is 15.0 Å². The number of fused-ring (bicyclic) bond motifs is 1. The number of carboxylic acid groups (broad SMARTS) is 1. The molecule has 0 amide bonds. The standard InChI is InChI=1S/C13H10N4O2S/c1-7-9(12(18)19)5-14-13(16-7)17-8-2-3-10-11(4-8)20-6-15-10/h2-6H,1H3,(H,18,19)(H,14,16,17). The smallest absolute Gasteiger partial charge is 0.339 e. The Morgan fingerprint density at radius 2 is 2.20 bits per heavy atom. The van der Waals surface area contributed by atoms with Gasteiger partial charge in [-0.1, -0.05) is 0 Å². The molecule has 0 saturated carbocycles. The molecule has 0 spiro atoms. The minimum absolute atomic E-state index is 0.105. The topological polar surface area (TPSA) is 88.0 Å². The van der Waals surface area contributed by atoms with Gasteiger partial charge >= 0.3 is 5.97 Å². The molecule has 0 aliphatic heterocycles. The lowest BCUT2D eigenvalue weighted by Crippen LogP contribution is -2.06. The fourth-order valence-corrected chi connectivity index (χ4v) is 2.52. The van der Waals surface area contributed by atoms with Gasteiger partial charge in [-0.3, -0.25) is 0 Å². The summed E-state index contributed by atoms with van der Waals surface area (Å²) in [6.45, 7) is 1.64. The number of aromatic nitrogens is 3. The molecule has 6 nitrogen and oxygen atoms in total. The summed E-state index contributed by atoms with van der Waals surface area (Å²) in [5.74, 6) is -0.656. The molecule has 0 saturated heterocycles. The van der Waals surface area contributed by atoms with Crippen LogP contribution in [0.4, 0.5) is 11.6 Å². The maximum absolute atomic E-state index is 10.9. The molecule has 0 radical (unpaired) electrons. The summed E-state index contributed by atoms with van der Waals surface area (Å²) in [7, 11) is 0. The molecule has 7 heteroatoms. The number of carboxylic acids is 1. The zero-order valence-electron chi connectivity index (χ0n) is 10.5. The van der Waals surface area contributed by atoms with Crippen LogP contribution in [-0.2, 0) is 0 Å². The molecule has 100 valence electrons. The summed E-state index contributed by atoms with van der Waals surface area (Å²) in [4.78, 5) is 23.3. The van der Waals surface area contributed by atoms with Crippen LogP contribution in [0.3, 0.4) is 0 Å². The Morgan fingerprint density at radius 1 is 1.35 bits per heavy atom. The third-order valence-electron chi connectivity index (χ3n) is 2.80. The second kappa shape index (κ2) is 4.86. The van der Waals surface area contributed by atoms with Crippen LogP contribution in [0.2, 0.25) is 0 Å². The van der Waals surface area contributed by atoms with Crippen molar-refractivity contribution in [2.75, 3.05) is 5.32 Å². The van der Waals surface area contributed by atoms with Crippen molar-refractivity contribution in [1.29, 1.82) is 0 Å². The summed E-state index contributed by atoms with van der Waals surface area (Å²) < 4.78 is 1.06. The average Bonchev–Trinajstić information content (AvgIpc) is 2.85. The molecule has 0 bridgehead atoms. The first-order chi connectivity index (χ1) is 9.63. The molecule has 3 aromatic rings. The molecular weight excluding hydrogens is 276 g/mol. The molecule has 0 atom stereocenters. The Labute approximate surface area is 118 Å². The highest BCUT2D eigenvalue weighted by Gasteiger charge is 2.10. The van der Waals surface area contributed by atoms with E-state index in [1.165, 1.54) is 6.20 Å². The van der Waals surface area contributed by atoms with Crippen LogP contribution in [0, 0.1) is 6.92 Å². The van der Waals surface area contributed by atoms with Crippen LogP contribution >= 0.6 is 11.3 Å². The van der Waals surface area contributed by atoms with E-state index >= 15 is 0 Å². The van der Waals surface area contributed by atoms with Gasteiger partial charge in [-0.15, -0.1) is 11.3 Å². The van der Waals surface area contributed by atoms with Crippen LogP contribution in [0.15, 0.2) is 29.9 Å². The predicted octanol–water partition coefficient (Wildman–Crippen LogP) is 2.84. The lowest BCUT2D eigenvalue weighted by Gasteiger charge is -2.06. The number of carbonyl (C=O) groups is 1. The third-order valence-corrected chi connectivity index (χ3v) is 3.59. The van der Waals surface area contributed by atoms with Gasteiger partial charge in [0.05, 0.1) is 27.0 Å². The number of thiazole rings is 1. The highest BCUT2D eigenvalue weighted by Crippen LogP contribution is 2.23. The van der Waals surface area contributed by atoms with Crippen LogP contribution in [0.1, 0.15) is 16.1 Å². The second-order valence-corrected chi connectivity index (χ2v) is 5.04. The first-order valence-corrected chi connectivity index (χ1v) is 6.68. The van der Waals surface area contributed by atoms with E-state index in [-0.39, 0.29) is 5.56 Å². The van der Waals surface area contributed by atoms with Crippen molar-refractivity contribution in [2.45, 2.75) is 6.92 Å². The molecule has 2 heterocycles. The fraction of sp³-hybridized carbons (Fsp3) is 0.0769. The lowest BCUT2D eigenvalue weighted by atomic mass is 10.2. The van der Waals surface area contributed by atoms with Gasteiger partial charge in [0.1, 0.15) is 0 Å². The Hall–Kier alpha value is -2.54. The number of rotatable bonds is 3. The van der Waals surface area contributed by atoms with Crippen molar-refractivity contribution in [3.63, 3.8) is 0 Å². The van der Waals surface area contributed by atoms with Crippen LogP contribution in [0.25, 0.3) is 10.2 Å². The molecule has 2 aromatic heterocycles. The highest BCUT2D eigenvalue weighted by atomic mass is 32.1. The molecule has 2 N–H and O–H groups in total. The number of benzene rings is 1. The molecular formula is C13H10N4O2S. The van der Waals surface area contributed by atoms with Crippen molar-refractivity contribution >= 4 is 39.2 Å². The number of anilines is 2. The summed E-state index contributed by atoms with van der Waals surface area (Å²) >= 11 is 1.55. The van der Waals surface area contributed by atoms with Crippen LogP contribution in [-0.4, -0.2) is 26.0 Å². The van der Waals surface area contributed by atoms with Gasteiger partial charge in [-0.2, -0.15) is 0 Å². The van der Waals surface area contributed by atoms with Crippen molar-refractivity contribution in [3.8, 4) is 0 Å². The molecule has 20 heavy (non-hydrogen) atoms. The van der Waals surface area contributed by atoms with Gasteiger partial charge in [0.2, 0.25) is 5.95 Å². The minimum atomic E-state index is -1.03. The summed E-state index contributed by atoms with van der Waals surface area (Å²) in [5, 5.41) is 12.0. The Balaban J connectivity index is 1.90. The molecule has 0 unspecified atom stereocenters. The molecule has 3 rings (SSSR count). The summed E-state index contributed by atoms with van der Waals surface area (Å²) in [5.41, 5.74) is 4.10. The first-order valence-electron chi connectivity index (χ1n) is 5.81. The zero-order chi connectivity index (χ0) is 14.1. The van der Waals surface area contributed by atoms with Gasteiger partial charge in [-0.25, -0.2) is 19.7 Å². The monoisotopic (exact) mass is 286 g/mol. The molecule has 0 fully saturated rings. The van der Waals surface area contributed by atoms with E-state index in [1.54, 1.807) is 23.8 Å². The van der Waals surface area contributed by atoms with E-state index in [0.29, 0.717) is 11.6 Å². The maximum atomic E-state index is 10.9. The van der Waals surface area contributed by atoms with Crippen molar-refractivity contribution in [2.24, 2.45) is 0 Å². The predicted molar refractivity (Wildman–Crippen MR) is 76.6 cm³/mol. The highest BCUT2D eigenvalue weighted by molar-refractivity contribution is 7.16. The van der Waals surface area contributed by atoms with Gasteiger partial charge in [0.25, 0.3) is 0 Å². The van der Waals surface area contributed by atoms with Gasteiger partial charge < -0.3 is 10.4 Å². The number of aryl methyl sites for hydroxylation is 1. The summed E-state index contributed by atoms with van der Waals surface area (Å²) in [6, 6.07) is 5.75. The average molecular weight is 286 g/mol. The lowest BCUT2D eigenvalue weighted by molar-refractivity contribution is 0.0695. The van der Waals surface area contributed by atoms with E-state index in [2.05, 4.69) is 20.3 Å². The molecule has 1 aromatic carbocycles. The quantitative estimate of drug-likeness (QED) is 0.769. The van der Waals surface area contributed by atoms with E-state index in [9.17, 15) is 4.79 Å². The summed E-state index contributed by atoms with van der Waals surface area (Å²) in [6.07, 6.45) is 1.30. The van der Waals surface area contributed by atoms with Gasteiger partial charge in [0, 0.05) is 11.9 Å². The van der Waals surface area contributed by atoms with E-state index in [1.807, 2.05) is 18.2 Å². The van der Waals surface area contributed by atoms with Gasteiger partial charge in [-0.05, 0) is 25.1 Å². The molecule has 0 aliphatic carbocycles. The Morgan fingerprint density at radius 3 is 2.95 bits per heavy atom. The Bertz CT molecular complexity index is 800. The minimum Gasteiger partial charge on any atom is -0.478 e. The number of hydrogen-bond acceptors (Lipinski definition) is 6. The van der Waals surface area contributed by atoms with Gasteiger partial charge in [0.15, 0.2) is 0 Å². The number of aromatic carboxylic acids is 1. The third kappa shape index (κ3) is 2.30. The number of nitrogens with one attached hydrogen (secondary N) is 1. The first kappa shape index (κ1) is 12.5. The molecule has 0 aliphatic rings. The normalized spacial score (nSPS) is 10.7. The zero-order valence-corrected chi connectivity index (χ0v) is 11.3. The van der Waals surface area contributed by atoms with Crippen LogP contribution < -0.4 is 5.32 Å². The van der Waals surface area contributed by atoms with E-state index in [4.69, 9.17) is 5.11 Å². The fourth-order valence-electron chi connectivity index (χ4n) is 1.80. The van der Waals surface area contributed by atoms with E-state index < -0.39 is 5.97 Å². The van der Waals surface area contributed by atoms with E-state index in [0.717, 1.165) is 15.9 Å². The number of hydrogen-bond donors (Lipinski definition) is 2. The van der Waals surface area contributed by atoms with Crippen molar-refractivity contribution in [3.05, 3.63) is 41.2 Å². The number of nitrogens with zero attached hydrogens (tertiary/aromatic N) is 3.